The molecule has 0 saturated carbocycles. The number of methoxy groups -OCH3 is 1. The average Bonchev–Trinajstić information content (AvgIpc) is 2.96. The lowest BCUT2D eigenvalue weighted by Gasteiger charge is -2.16. The van der Waals surface area contributed by atoms with Crippen molar-refractivity contribution in [3.8, 4) is 16.9 Å². The van der Waals surface area contributed by atoms with Crippen molar-refractivity contribution >= 4 is 0 Å². The summed E-state index contributed by atoms with van der Waals surface area (Å²) in [6.07, 6.45) is 3.38. The SMILES string of the molecule is CCc1cccc(OC)c1-c1ccc2c(c1)C(NC)CC2. The summed E-state index contributed by atoms with van der Waals surface area (Å²) in [5, 5.41) is 3.42. The first-order valence-electron chi connectivity index (χ1n) is 7.74. The normalized spacial score (nSPS) is 16.8. The first kappa shape index (κ1) is 14.2. The summed E-state index contributed by atoms with van der Waals surface area (Å²) >= 11 is 0. The van der Waals surface area contributed by atoms with Gasteiger partial charge >= 0.3 is 0 Å². The quantitative estimate of drug-likeness (QED) is 0.909. The van der Waals surface area contributed by atoms with Gasteiger partial charge in [0, 0.05) is 11.6 Å². The Morgan fingerprint density at radius 3 is 2.81 bits per heavy atom. The van der Waals surface area contributed by atoms with Gasteiger partial charge in [0.1, 0.15) is 5.75 Å². The fourth-order valence-corrected chi connectivity index (χ4v) is 3.43. The standard InChI is InChI=1S/C19H23NO/c1-4-13-6-5-7-18(21-3)19(13)15-9-8-14-10-11-17(20-2)16(14)12-15/h5-9,12,17,20H,4,10-11H2,1-3H3. The molecular formula is C19H23NO. The Hall–Kier alpha value is -1.80. The van der Waals surface area contributed by atoms with Gasteiger partial charge in [-0.2, -0.15) is 0 Å². The number of hydrogen-bond acceptors (Lipinski definition) is 2. The second kappa shape index (κ2) is 5.90. The third-order valence-corrected chi connectivity index (χ3v) is 4.57. The van der Waals surface area contributed by atoms with Crippen LogP contribution in [0.15, 0.2) is 36.4 Å². The van der Waals surface area contributed by atoms with Crippen LogP contribution in [0.2, 0.25) is 0 Å². The summed E-state index contributed by atoms with van der Waals surface area (Å²) in [5.41, 5.74) is 6.78. The second-order valence-electron chi connectivity index (χ2n) is 5.64. The second-order valence-corrected chi connectivity index (χ2v) is 5.64. The van der Waals surface area contributed by atoms with E-state index < -0.39 is 0 Å². The lowest BCUT2D eigenvalue weighted by molar-refractivity contribution is 0.416. The van der Waals surface area contributed by atoms with Crippen LogP contribution in [0.25, 0.3) is 11.1 Å². The Kier molecular flexibility index (Phi) is 3.98. The maximum Gasteiger partial charge on any atom is 0.126 e. The Morgan fingerprint density at radius 2 is 2.10 bits per heavy atom. The highest BCUT2D eigenvalue weighted by molar-refractivity contribution is 5.75. The maximum absolute atomic E-state index is 5.60. The van der Waals surface area contributed by atoms with Crippen LogP contribution >= 0.6 is 0 Å². The van der Waals surface area contributed by atoms with Gasteiger partial charge < -0.3 is 10.1 Å². The van der Waals surface area contributed by atoms with Gasteiger partial charge in [-0.3, -0.25) is 0 Å². The highest BCUT2D eigenvalue weighted by Gasteiger charge is 2.22. The Balaban J connectivity index is 2.14. The Bertz CT molecular complexity index is 626. The van der Waals surface area contributed by atoms with Gasteiger partial charge in [0.2, 0.25) is 0 Å². The third kappa shape index (κ3) is 2.44. The molecule has 1 unspecified atom stereocenters. The van der Waals surface area contributed by atoms with E-state index in [0.29, 0.717) is 6.04 Å². The molecular weight excluding hydrogens is 258 g/mol. The fourth-order valence-electron chi connectivity index (χ4n) is 3.43. The predicted octanol–water partition coefficient (Wildman–Crippen LogP) is 4.13. The number of aryl methyl sites for hydroxylation is 2. The lowest BCUT2D eigenvalue weighted by atomic mass is 9.94. The zero-order chi connectivity index (χ0) is 14.8. The number of rotatable bonds is 4. The molecule has 0 saturated heterocycles. The first-order valence-corrected chi connectivity index (χ1v) is 7.74. The van der Waals surface area contributed by atoms with Crippen molar-refractivity contribution in [2.45, 2.75) is 32.2 Å². The zero-order valence-corrected chi connectivity index (χ0v) is 13.1. The number of nitrogens with one attached hydrogen (secondary N) is 1. The molecule has 3 rings (SSSR count). The molecule has 0 fully saturated rings. The van der Waals surface area contributed by atoms with Gasteiger partial charge in [0.15, 0.2) is 0 Å². The molecule has 1 atom stereocenters. The molecule has 2 heteroatoms. The maximum atomic E-state index is 5.60. The van der Waals surface area contributed by atoms with Gasteiger partial charge in [-0.1, -0.05) is 31.2 Å². The number of ether oxygens (including phenoxy) is 1. The minimum atomic E-state index is 0.486. The van der Waals surface area contributed by atoms with Gasteiger partial charge in [-0.25, -0.2) is 0 Å². The summed E-state index contributed by atoms with van der Waals surface area (Å²) in [5.74, 6) is 0.966. The molecule has 21 heavy (non-hydrogen) atoms. The van der Waals surface area contributed by atoms with Crippen LogP contribution in [-0.4, -0.2) is 14.2 Å². The van der Waals surface area contributed by atoms with Crippen LogP contribution in [0.4, 0.5) is 0 Å². The van der Waals surface area contributed by atoms with Gasteiger partial charge in [0.25, 0.3) is 0 Å². The van der Waals surface area contributed by atoms with Crippen LogP contribution < -0.4 is 10.1 Å². The van der Waals surface area contributed by atoms with E-state index in [9.17, 15) is 0 Å². The number of hydrogen-bond donors (Lipinski definition) is 1. The van der Waals surface area contributed by atoms with Gasteiger partial charge in [-0.05, 0) is 60.7 Å². The van der Waals surface area contributed by atoms with Gasteiger partial charge in [0.05, 0.1) is 7.11 Å². The van der Waals surface area contributed by atoms with Crippen molar-refractivity contribution in [2.24, 2.45) is 0 Å². The van der Waals surface area contributed by atoms with E-state index in [0.717, 1.165) is 12.2 Å². The number of benzene rings is 2. The van der Waals surface area contributed by atoms with Crippen molar-refractivity contribution in [2.75, 3.05) is 14.2 Å². The van der Waals surface area contributed by atoms with E-state index >= 15 is 0 Å². The van der Waals surface area contributed by atoms with Crippen molar-refractivity contribution in [1.29, 1.82) is 0 Å². The first-order chi connectivity index (χ1) is 10.3. The van der Waals surface area contributed by atoms with Crippen LogP contribution in [0.1, 0.15) is 36.1 Å². The highest BCUT2D eigenvalue weighted by atomic mass is 16.5. The monoisotopic (exact) mass is 281 g/mol. The van der Waals surface area contributed by atoms with Crippen LogP contribution in [0.5, 0.6) is 5.75 Å². The molecule has 0 aromatic heterocycles. The molecule has 0 bridgehead atoms. The molecule has 2 aromatic carbocycles. The minimum Gasteiger partial charge on any atom is -0.496 e. The van der Waals surface area contributed by atoms with Gasteiger partial charge in [-0.15, -0.1) is 0 Å². The van der Waals surface area contributed by atoms with E-state index in [4.69, 9.17) is 4.74 Å². The van der Waals surface area contributed by atoms with Crippen LogP contribution in [0.3, 0.4) is 0 Å². The van der Waals surface area contributed by atoms with E-state index in [1.165, 1.54) is 40.7 Å². The molecule has 0 aliphatic heterocycles. The smallest absolute Gasteiger partial charge is 0.126 e. The van der Waals surface area contributed by atoms with E-state index in [1.807, 2.05) is 7.05 Å². The molecule has 2 aromatic rings. The third-order valence-electron chi connectivity index (χ3n) is 4.57. The van der Waals surface area contributed by atoms with Crippen molar-refractivity contribution in [1.82, 2.24) is 5.32 Å². The minimum absolute atomic E-state index is 0.486. The molecule has 0 radical (unpaired) electrons. The van der Waals surface area contributed by atoms with Crippen molar-refractivity contribution in [3.05, 3.63) is 53.1 Å². The predicted molar refractivity (Wildman–Crippen MR) is 87.9 cm³/mol. The van der Waals surface area contributed by atoms with Crippen LogP contribution in [-0.2, 0) is 12.8 Å². The Labute approximate surface area is 127 Å². The highest BCUT2D eigenvalue weighted by Crippen LogP contribution is 2.38. The summed E-state index contributed by atoms with van der Waals surface area (Å²) in [6, 6.07) is 13.7. The number of fused-ring (bicyclic) bond motifs is 1. The molecule has 0 amide bonds. The summed E-state index contributed by atoms with van der Waals surface area (Å²) < 4.78 is 5.60. The van der Waals surface area contributed by atoms with Crippen molar-refractivity contribution in [3.63, 3.8) is 0 Å². The molecule has 2 nitrogen and oxygen atoms in total. The van der Waals surface area contributed by atoms with E-state index in [1.54, 1.807) is 7.11 Å². The fraction of sp³-hybridized carbons (Fsp3) is 0.368. The largest absolute Gasteiger partial charge is 0.496 e. The summed E-state index contributed by atoms with van der Waals surface area (Å²) in [4.78, 5) is 0. The molecule has 1 N–H and O–H groups in total. The summed E-state index contributed by atoms with van der Waals surface area (Å²) in [7, 11) is 3.80. The molecule has 1 aliphatic carbocycles. The lowest BCUT2D eigenvalue weighted by Crippen LogP contribution is -2.12. The zero-order valence-electron chi connectivity index (χ0n) is 13.1. The van der Waals surface area contributed by atoms with E-state index in [2.05, 4.69) is 48.6 Å². The van der Waals surface area contributed by atoms with Crippen molar-refractivity contribution < 1.29 is 4.74 Å². The molecule has 0 spiro atoms. The van der Waals surface area contributed by atoms with Crippen LogP contribution in [0, 0.1) is 0 Å². The molecule has 110 valence electrons. The molecule has 0 heterocycles. The Morgan fingerprint density at radius 1 is 1.24 bits per heavy atom. The summed E-state index contributed by atoms with van der Waals surface area (Å²) in [6.45, 7) is 2.20. The topological polar surface area (TPSA) is 21.3 Å². The molecule has 1 aliphatic rings. The average molecular weight is 281 g/mol. The van der Waals surface area contributed by atoms with E-state index in [-0.39, 0.29) is 0 Å².